The van der Waals surface area contributed by atoms with Gasteiger partial charge in [-0.3, -0.25) is 19.3 Å². The summed E-state index contributed by atoms with van der Waals surface area (Å²) in [7, 11) is 0. The molecule has 0 spiro atoms. The molecule has 0 aromatic heterocycles. The van der Waals surface area contributed by atoms with Crippen LogP contribution < -0.4 is 0 Å². The summed E-state index contributed by atoms with van der Waals surface area (Å²) in [5.41, 5.74) is 2.38. The minimum absolute atomic E-state index is 0.142. The highest BCUT2D eigenvalue weighted by Gasteiger charge is 2.44. The number of nitrogens with zero attached hydrogens (tertiary/aromatic N) is 1. The molecule has 2 aromatic carbocycles. The Balaban J connectivity index is 1.75. The highest BCUT2D eigenvalue weighted by atomic mass is 16.2. The van der Waals surface area contributed by atoms with E-state index >= 15 is 0 Å². The van der Waals surface area contributed by atoms with E-state index in [0.29, 0.717) is 29.5 Å². The Morgan fingerprint density at radius 2 is 1.32 bits per heavy atom. The first-order valence-electron chi connectivity index (χ1n) is 7.27. The molecule has 22 heavy (non-hydrogen) atoms. The molecule has 0 N–H and O–H groups in total. The summed E-state index contributed by atoms with van der Waals surface area (Å²) in [6.07, 6.45) is 1.18. The van der Waals surface area contributed by atoms with Crippen molar-refractivity contribution >= 4 is 17.6 Å². The van der Waals surface area contributed by atoms with Crippen LogP contribution in [0.25, 0.3) is 0 Å². The predicted molar refractivity (Wildman–Crippen MR) is 79.8 cm³/mol. The zero-order valence-electron chi connectivity index (χ0n) is 11.8. The monoisotopic (exact) mass is 291 g/mol. The normalized spacial score (nSPS) is 20.1. The van der Waals surface area contributed by atoms with Gasteiger partial charge in [0.1, 0.15) is 6.04 Å². The molecular weight excluding hydrogens is 278 g/mol. The van der Waals surface area contributed by atoms with Crippen LogP contribution in [0.15, 0.2) is 48.5 Å². The summed E-state index contributed by atoms with van der Waals surface area (Å²) < 4.78 is 0. The van der Waals surface area contributed by atoms with Gasteiger partial charge in [0.2, 0.25) is 0 Å². The van der Waals surface area contributed by atoms with Crippen LogP contribution in [0, 0.1) is 0 Å². The first-order valence-corrected chi connectivity index (χ1v) is 7.27. The van der Waals surface area contributed by atoms with E-state index in [1.807, 2.05) is 18.2 Å². The lowest BCUT2D eigenvalue weighted by Crippen LogP contribution is -2.47. The number of aryl methyl sites for hydroxylation is 1. The number of carbonyl (C=O) groups is 3. The summed E-state index contributed by atoms with van der Waals surface area (Å²) >= 11 is 0. The Hall–Kier alpha value is -2.75. The number of imide groups is 1. The van der Waals surface area contributed by atoms with Crippen molar-refractivity contribution in [3.05, 3.63) is 70.8 Å². The van der Waals surface area contributed by atoms with Gasteiger partial charge in [-0.15, -0.1) is 0 Å². The van der Waals surface area contributed by atoms with E-state index in [1.165, 1.54) is 0 Å². The van der Waals surface area contributed by atoms with Crippen LogP contribution in [-0.2, 0) is 6.42 Å². The van der Waals surface area contributed by atoms with E-state index in [2.05, 4.69) is 0 Å². The van der Waals surface area contributed by atoms with Gasteiger partial charge in [-0.1, -0.05) is 36.4 Å². The van der Waals surface area contributed by atoms with Crippen molar-refractivity contribution in [3.63, 3.8) is 0 Å². The number of carbonyl (C=O) groups excluding carboxylic acids is 3. The minimum atomic E-state index is -0.692. The Labute approximate surface area is 127 Å². The quantitative estimate of drug-likeness (QED) is 0.758. The fourth-order valence-corrected chi connectivity index (χ4v) is 3.32. The number of ketones is 1. The second-order valence-corrected chi connectivity index (χ2v) is 5.60. The van der Waals surface area contributed by atoms with Gasteiger partial charge >= 0.3 is 0 Å². The molecule has 1 aliphatic carbocycles. The lowest BCUT2D eigenvalue weighted by Gasteiger charge is -2.29. The van der Waals surface area contributed by atoms with Gasteiger partial charge in [0, 0.05) is 5.56 Å². The van der Waals surface area contributed by atoms with Crippen LogP contribution in [-0.4, -0.2) is 28.5 Å². The van der Waals surface area contributed by atoms with Crippen LogP contribution in [0.4, 0.5) is 0 Å². The summed E-state index contributed by atoms with van der Waals surface area (Å²) in [6, 6.07) is 13.4. The molecule has 0 bridgehead atoms. The van der Waals surface area contributed by atoms with Crippen molar-refractivity contribution in [1.29, 1.82) is 0 Å². The maximum Gasteiger partial charge on any atom is 0.262 e. The maximum atomic E-state index is 12.7. The molecule has 2 aromatic rings. The lowest BCUT2D eigenvalue weighted by atomic mass is 9.86. The van der Waals surface area contributed by atoms with Gasteiger partial charge in [0.05, 0.1) is 11.1 Å². The predicted octanol–water partition coefficient (Wildman–Crippen LogP) is 2.48. The number of hydrogen-bond acceptors (Lipinski definition) is 3. The number of benzene rings is 2. The number of hydrogen-bond donors (Lipinski definition) is 0. The number of fused-ring (bicyclic) bond motifs is 2. The van der Waals surface area contributed by atoms with E-state index in [-0.39, 0.29) is 17.6 Å². The van der Waals surface area contributed by atoms with E-state index in [9.17, 15) is 14.4 Å². The Kier molecular flexibility index (Phi) is 2.73. The number of amides is 2. The van der Waals surface area contributed by atoms with Gasteiger partial charge < -0.3 is 0 Å². The molecule has 0 radical (unpaired) electrons. The number of Topliss-reactive ketones (excluding diaryl/α,β-unsaturated/α-hetero) is 1. The second kappa shape index (κ2) is 4.63. The van der Waals surface area contributed by atoms with E-state index in [0.717, 1.165) is 10.5 Å². The van der Waals surface area contributed by atoms with Gasteiger partial charge in [0.15, 0.2) is 5.78 Å². The van der Waals surface area contributed by atoms with Gasteiger partial charge in [-0.05, 0) is 30.5 Å². The largest absolute Gasteiger partial charge is 0.292 e. The summed E-state index contributed by atoms with van der Waals surface area (Å²) in [5.74, 6) is -0.868. The molecule has 1 atom stereocenters. The summed E-state index contributed by atoms with van der Waals surface area (Å²) in [4.78, 5) is 38.9. The molecule has 108 valence electrons. The van der Waals surface area contributed by atoms with Crippen LogP contribution in [0.5, 0.6) is 0 Å². The van der Waals surface area contributed by atoms with E-state index in [4.69, 9.17) is 0 Å². The van der Waals surface area contributed by atoms with Gasteiger partial charge in [-0.25, -0.2) is 0 Å². The Morgan fingerprint density at radius 1 is 0.773 bits per heavy atom. The molecular formula is C18H13NO3. The smallest absolute Gasteiger partial charge is 0.262 e. The van der Waals surface area contributed by atoms with Crippen molar-refractivity contribution in [2.75, 3.05) is 0 Å². The fraction of sp³-hybridized carbons (Fsp3) is 0.167. The topological polar surface area (TPSA) is 54.5 Å². The van der Waals surface area contributed by atoms with Gasteiger partial charge in [0.25, 0.3) is 11.8 Å². The highest BCUT2D eigenvalue weighted by molar-refractivity contribution is 6.23. The highest BCUT2D eigenvalue weighted by Crippen LogP contribution is 2.31. The molecule has 1 heterocycles. The molecule has 4 nitrogen and oxygen atoms in total. The number of rotatable bonds is 1. The molecule has 1 unspecified atom stereocenters. The first kappa shape index (κ1) is 13.0. The Morgan fingerprint density at radius 3 is 1.95 bits per heavy atom. The molecule has 0 saturated carbocycles. The average Bonchev–Trinajstić information content (AvgIpc) is 2.81. The third-order valence-corrected chi connectivity index (χ3v) is 4.41. The second-order valence-electron chi connectivity index (χ2n) is 5.60. The molecule has 0 fully saturated rings. The minimum Gasteiger partial charge on any atom is -0.292 e. The SMILES string of the molecule is O=C1c2ccccc2CCC1N1C(=O)c2ccccc2C1=O. The van der Waals surface area contributed by atoms with Crippen LogP contribution in [0.1, 0.15) is 43.1 Å². The van der Waals surface area contributed by atoms with Crippen molar-refractivity contribution in [2.24, 2.45) is 0 Å². The van der Waals surface area contributed by atoms with Gasteiger partial charge in [-0.2, -0.15) is 0 Å². The van der Waals surface area contributed by atoms with E-state index < -0.39 is 6.04 Å². The molecule has 2 amide bonds. The van der Waals surface area contributed by atoms with Crippen molar-refractivity contribution < 1.29 is 14.4 Å². The standard InChI is InChI=1S/C18H13NO3/c20-16-12-6-2-1-5-11(12)9-10-15(16)19-17(21)13-7-3-4-8-14(13)18(19)22/h1-8,15H,9-10H2. The first-order chi connectivity index (χ1) is 10.7. The van der Waals surface area contributed by atoms with Crippen molar-refractivity contribution in [2.45, 2.75) is 18.9 Å². The molecule has 0 saturated heterocycles. The summed E-state index contributed by atoms with van der Waals surface area (Å²) in [5, 5.41) is 0. The zero-order valence-corrected chi connectivity index (χ0v) is 11.8. The van der Waals surface area contributed by atoms with E-state index in [1.54, 1.807) is 30.3 Å². The molecule has 1 aliphatic heterocycles. The average molecular weight is 291 g/mol. The maximum absolute atomic E-state index is 12.7. The lowest BCUT2D eigenvalue weighted by molar-refractivity contribution is 0.0526. The Bertz CT molecular complexity index is 790. The van der Waals surface area contributed by atoms with Crippen LogP contribution in [0.2, 0.25) is 0 Å². The molecule has 2 aliphatic rings. The van der Waals surface area contributed by atoms with Crippen LogP contribution in [0.3, 0.4) is 0 Å². The third kappa shape index (κ3) is 1.67. The van der Waals surface area contributed by atoms with Crippen LogP contribution >= 0.6 is 0 Å². The third-order valence-electron chi connectivity index (χ3n) is 4.41. The van der Waals surface area contributed by atoms with Crippen molar-refractivity contribution in [3.8, 4) is 0 Å². The zero-order chi connectivity index (χ0) is 15.3. The molecule has 4 heteroatoms. The summed E-state index contributed by atoms with van der Waals surface area (Å²) in [6.45, 7) is 0. The van der Waals surface area contributed by atoms with Crippen molar-refractivity contribution in [1.82, 2.24) is 4.90 Å². The molecule has 4 rings (SSSR count). The fourth-order valence-electron chi connectivity index (χ4n) is 3.32.